The molecule has 1 aromatic heterocycles. The Labute approximate surface area is 162 Å². The summed E-state index contributed by atoms with van der Waals surface area (Å²) in [5.74, 6) is 2.90. The van der Waals surface area contributed by atoms with Crippen LogP contribution in [0.2, 0.25) is 0 Å². The number of guanidine groups is 1. The van der Waals surface area contributed by atoms with Crippen molar-refractivity contribution in [2.75, 3.05) is 13.1 Å². The Hall–Kier alpha value is -2.37. The Balaban J connectivity index is 1.71. The highest BCUT2D eigenvalue weighted by Crippen LogP contribution is 2.30. The summed E-state index contributed by atoms with van der Waals surface area (Å²) in [5.41, 5.74) is 1.49. The average molecular weight is 369 g/mol. The molecule has 0 saturated carbocycles. The molecule has 0 bridgehead atoms. The Morgan fingerprint density at radius 1 is 1.11 bits per heavy atom. The number of aromatic nitrogens is 3. The molecular formula is C21H32N6. The largest absolute Gasteiger partial charge is 0.357 e. The lowest BCUT2D eigenvalue weighted by Gasteiger charge is -2.33. The number of aliphatic imine (C=N–C) groups is 1. The molecule has 2 heterocycles. The fourth-order valence-corrected chi connectivity index (χ4v) is 3.87. The number of aryl methyl sites for hydroxylation is 1. The van der Waals surface area contributed by atoms with Crippen LogP contribution in [0.4, 0.5) is 0 Å². The summed E-state index contributed by atoms with van der Waals surface area (Å²) in [5, 5.41) is 15.5. The van der Waals surface area contributed by atoms with Crippen LogP contribution in [-0.4, -0.2) is 33.8 Å². The SMILES string of the molecule is CCNC(=NCc1nnc2n1CCC2)NCC(CC)(CC)c1ccccc1. The molecule has 1 aliphatic heterocycles. The molecule has 0 spiro atoms. The maximum atomic E-state index is 4.77. The van der Waals surface area contributed by atoms with Crippen molar-refractivity contribution >= 4 is 5.96 Å². The molecule has 146 valence electrons. The molecule has 0 aliphatic carbocycles. The Morgan fingerprint density at radius 2 is 1.89 bits per heavy atom. The highest BCUT2D eigenvalue weighted by Gasteiger charge is 2.28. The van der Waals surface area contributed by atoms with Crippen LogP contribution in [0.1, 0.15) is 57.2 Å². The fourth-order valence-electron chi connectivity index (χ4n) is 3.87. The van der Waals surface area contributed by atoms with Crippen LogP contribution in [0.25, 0.3) is 0 Å². The van der Waals surface area contributed by atoms with Crippen molar-refractivity contribution in [3.05, 3.63) is 47.5 Å². The molecule has 1 aliphatic rings. The van der Waals surface area contributed by atoms with Gasteiger partial charge in [0.05, 0.1) is 0 Å². The van der Waals surface area contributed by atoms with Gasteiger partial charge in [-0.25, -0.2) is 4.99 Å². The van der Waals surface area contributed by atoms with Gasteiger partial charge in [0.1, 0.15) is 12.4 Å². The minimum Gasteiger partial charge on any atom is -0.357 e. The number of hydrogen-bond donors (Lipinski definition) is 2. The minimum absolute atomic E-state index is 0.105. The predicted molar refractivity (Wildman–Crippen MR) is 110 cm³/mol. The number of fused-ring (bicyclic) bond motifs is 1. The summed E-state index contributed by atoms with van der Waals surface area (Å²) in [6.07, 6.45) is 4.35. The fraction of sp³-hybridized carbons (Fsp3) is 0.571. The zero-order chi connectivity index (χ0) is 19.1. The molecule has 0 fully saturated rings. The number of rotatable bonds is 8. The topological polar surface area (TPSA) is 67.1 Å². The molecule has 1 aromatic carbocycles. The first kappa shape index (κ1) is 19.4. The van der Waals surface area contributed by atoms with Crippen molar-refractivity contribution in [1.29, 1.82) is 0 Å². The van der Waals surface area contributed by atoms with Crippen molar-refractivity contribution in [1.82, 2.24) is 25.4 Å². The van der Waals surface area contributed by atoms with E-state index in [1.807, 2.05) is 0 Å². The monoisotopic (exact) mass is 368 g/mol. The van der Waals surface area contributed by atoms with Gasteiger partial charge in [-0.3, -0.25) is 0 Å². The van der Waals surface area contributed by atoms with E-state index in [2.05, 4.69) is 76.5 Å². The van der Waals surface area contributed by atoms with Crippen LogP contribution >= 0.6 is 0 Å². The third kappa shape index (κ3) is 4.31. The smallest absolute Gasteiger partial charge is 0.191 e. The number of benzene rings is 1. The Bertz CT molecular complexity index is 745. The molecule has 0 unspecified atom stereocenters. The molecule has 27 heavy (non-hydrogen) atoms. The second kappa shape index (κ2) is 9.02. The van der Waals surface area contributed by atoms with E-state index in [1.54, 1.807) is 0 Å². The summed E-state index contributed by atoms with van der Waals surface area (Å²) in [6, 6.07) is 10.8. The summed E-state index contributed by atoms with van der Waals surface area (Å²) in [7, 11) is 0. The predicted octanol–water partition coefficient (Wildman–Crippen LogP) is 3.04. The van der Waals surface area contributed by atoms with E-state index in [9.17, 15) is 0 Å². The van der Waals surface area contributed by atoms with Gasteiger partial charge in [0, 0.05) is 31.5 Å². The Morgan fingerprint density at radius 3 is 2.59 bits per heavy atom. The molecular weight excluding hydrogens is 336 g/mol. The Kier molecular flexibility index (Phi) is 6.48. The molecule has 6 heteroatoms. The molecule has 0 amide bonds. The van der Waals surface area contributed by atoms with Crippen molar-refractivity contribution < 1.29 is 0 Å². The van der Waals surface area contributed by atoms with Gasteiger partial charge in [-0.15, -0.1) is 10.2 Å². The first-order valence-electron chi connectivity index (χ1n) is 10.2. The van der Waals surface area contributed by atoms with E-state index in [0.717, 1.165) is 62.9 Å². The van der Waals surface area contributed by atoms with Gasteiger partial charge >= 0.3 is 0 Å². The van der Waals surface area contributed by atoms with Crippen LogP contribution in [0.3, 0.4) is 0 Å². The zero-order valence-electron chi connectivity index (χ0n) is 16.8. The molecule has 0 radical (unpaired) electrons. The normalized spacial score (nSPS) is 14.3. The molecule has 6 nitrogen and oxygen atoms in total. The highest BCUT2D eigenvalue weighted by atomic mass is 15.3. The van der Waals surface area contributed by atoms with Gasteiger partial charge in [0.25, 0.3) is 0 Å². The first-order valence-corrected chi connectivity index (χ1v) is 10.2. The van der Waals surface area contributed by atoms with Gasteiger partial charge in [0.2, 0.25) is 0 Å². The first-order chi connectivity index (χ1) is 13.2. The van der Waals surface area contributed by atoms with E-state index in [-0.39, 0.29) is 5.41 Å². The lowest BCUT2D eigenvalue weighted by atomic mass is 9.76. The molecule has 0 saturated heterocycles. The van der Waals surface area contributed by atoms with E-state index in [1.165, 1.54) is 5.56 Å². The third-order valence-corrected chi connectivity index (χ3v) is 5.74. The standard InChI is InChI=1S/C21H32N6/c1-4-21(5-2,17-11-8-7-9-12-17)16-24-20(22-6-3)23-15-19-26-25-18-13-10-14-27(18)19/h7-9,11-12H,4-6,10,13-16H2,1-3H3,(H2,22,23,24). The summed E-state index contributed by atoms with van der Waals surface area (Å²) in [4.78, 5) is 4.77. The molecule has 0 atom stereocenters. The van der Waals surface area contributed by atoms with Gasteiger partial charge in [-0.2, -0.15) is 0 Å². The van der Waals surface area contributed by atoms with E-state index < -0.39 is 0 Å². The van der Waals surface area contributed by atoms with Crippen molar-refractivity contribution in [2.24, 2.45) is 4.99 Å². The summed E-state index contributed by atoms with van der Waals surface area (Å²) in [6.45, 7) is 9.88. The molecule has 2 N–H and O–H groups in total. The summed E-state index contributed by atoms with van der Waals surface area (Å²) >= 11 is 0. The zero-order valence-corrected chi connectivity index (χ0v) is 16.8. The number of nitrogens with one attached hydrogen (secondary N) is 2. The van der Waals surface area contributed by atoms with Crippen LogP contribution < -0.4 is 10.6 Å². The van der Waals surface area contributed by atoms with E-state index in [4.69, 9.17) is 4.99 Å². The van der Waals surface area contributed by atoms with Crippen LogP contribution in [-0.2, 0) is 24.9 Å². The van der Waals surface area contributed by atoms with Crippen molar-refractivity contribution in [3.63, 3.8) is 0 Å². The number of hydrogen-bond acceptors (Lipinski definition) is 3. The van der Waals surface area contributed by atoms with Gasteiger partial charge in [0.15, 0.2) is 11.8 Å². The quantitative estimate of drug-likeness (QED) is 0.555. The van der Waals surface area contributed by atoms with E-state index in [0.29, 0.717) is 6.54 Å². The average Bonchev–Trinajstić information content (AvgIpc) is 3.32. The molecule has 3 rings (SSSR count). The van der Waals surface area contributed by atoms with Gasteiger partial charge in [-0.05, 0) is 31.7 Å². The minimum atomic E-state index is 0.105. The van der Waals surface area contributed by atoms with Crippen LogP contribution in [0, 0.1) is 0 Å². The molecule has 2 aromatic rings. The van der Waals surface area contributed by atoms with Crippen molar-refractivity contribution in [2.45, 2.75) is 65.0 Å². The lowest BCUT2D eigenvalue weighted by molar-refractivity contribution is 0.389. The number of nitrogens with zero attached hydrogens (tertiary/aromatic N) is 4. The summed E-state index contributed by atoms with van der Waals surface area (Å²) < 4.78 is 2.21. The highest BCUT2D eigenvalue weighted by molar-refractivity contribution is 5.79. The maximum absolute atomic E-state index is 4.77. The maximum Gasteiger partial charge on any atom is 0.191 e. The van der Waals surface area contributed by atoms with Gasteiger partial charge < -0.3 is 15.2 Å². The second-order valence-corrected chi connectivity index (χ2v) is 7.19. The van der Waals surface area contributed by atoms with Gasteiger partial charge in [-0.1, -0.05) is 44.2 Å². The second-order valence-electron chi connectivity index (χ2n) is 7.19. The van der Waals surface area contributed by atoms with Crippen molar-refractivity contribution in [3.8, 4) is 0 Å². The van der Waals surface area contributed by atoms with E-state index >= 15 is 0 Å². The van der Waals surface area contributed by atoms with Crippen LogP contribution in [0.5, 0.6) is 0 Å². The van der Waals surface area contributed by atoms with Crippen LogP contribution in [0.15, 0.2) is 35.3 Å². The third-order valence-electron chi connectivity index (χ3n) is 5.74. The lowest BCUT2D eigenvalue weighted by Crippen LogP contribution is -2.45.